The third-order valence-electron chi connectivity index (χ3n) is 2.83. The number of nitrogens with zero attached hydrogens (tertiary/aromatic N) is 1. The van der Waals surface area contributed by atoms with Crippen molar-refractivity contribution in [3.05, 3.63) is 66.2 Å². The van der Waals surface area contributed by atoms with E-state index in [4.69, 9.17) is 11.6 Å². The van der Waals surface area contributed by atoms with E-state index >= 15 is 0 Å². The fraction of sp³-hybridized carbons (Fsp3) is 0.0714. The Balaban J connectivity index is 2.21. The Kier molecular flexibility index (Phi) is 4.79. The molecule has 0 bridgehead atoms. The Morgan fingerprint density at radius 1 is 1.29 bits per heavy atom. The third kappa shape index (κ3) is 3.70. The number of anilines is 1. The highest BCUT2D eigenvalue weighted by Crippen LogP contribution is 2.23. The van der Waals surface area contributed by atoms with Crippen LogP contribution in [0.4, 0.5) is 11.4 Å². The molecule has 2 rings (SSSR count). The average Bonchev–Trinajstić information content (AvgIpc) is 2.41. The summed E-state index contributed by atoms with van der Waals surface area (Å²) in [5.74, 6) is -0.318. The molecule has 0 saturated heterocycles. The lowest BCUT2D eigenvalue weighted by Gasteiger charge is -2.07. The minimum Gasteiger partial charge on any atom is -0.322 e. The summed E-state index contributed by atoms with van der Waals surface area (Å²) >= 11 is 8.05. The Morgan fingerprint density at radius 3 is 2.57 bits per heavy atom. The molecule has 0 heterocycles. The van der Waals surface area contributed by atoms with Crippen LogP contribution in [0.2, 0.25) is 5.02 Å². The molecule has 2 aromatic rings. The van der Waals surface area contributed by atoms with E-state index in [1.54, 1.807) is 31.2 Å². The van der Waals surface area contributed by atoms with Gasteiger partial charge in [-0.2, -0.15) is 0 Å². The van der Waals surface area contributed by atoms with Crippen molar-refractivity contribution in [3.63, 3.8) is 0 Å². The van der Waals surface area contributed by atoms with Gasteiger partial charge in [-0.25, -0.2) is 0 Å². The first-order valence-electron chi connectivity index (χ1n) is 5.90. The van der Waals surface area contributed by atoms with Crippen molar-refractivity contribution in [2.75, 3.05) is 5.32 Å². The zero-order valence-electron chi connectivity index (χ0n) is 10.9. The normalized spacial score (nSPS) is 10.2. The molecule has 0 aliphatic rings. The largest absolute Gasteiger partial charge is 0.322 e. The standard InChI is InChI=1S/C14H10ClIN2O3/c1-8-6-10(3-5-13(8)18(20)21)17-14(19)9-2-4-12(16)11(15)7-9/h2-7H,1H3,(H,17,19). The van der Waals surface area contributed by atoms with E-state index in [0.717, 1.165) is 3.57 Å². The van der Waals surface area contributed by atoms with Crippen molar-refractivity contribution >= 4 is 51.5 Å². The molecule has 108 valence electrons. The molecule has 0 spiro atoms. The molecule has 5 nitrogen and oxygen atoms in total. The van der Waals surface area contributed by atoms with Crippen LogP contribution in [0.25, 0.3) is 0 Å². The first kappa shape index (κ1) is 15.7. The van der Waals surface area contributed by atoms with Crippen LogP contribution >= 0.6 is 34.2 Å². The molecule has 0 atom stereocenters. The van der Waals surface area contributed by atoms with Gasteiger partial charge in [0, 0.05) is 26.5 Å². The number of hydrogen-bond acceptors (Lipinski definition) is 3. The van der Waals surface area contributed by atoms with E-state index in [2.05, 4.69) is 27.9 Å². The van der Waals surface area contributed by atoms with E-state index in [0.29, 0.717) is 21.8 Å². The first-order chi connectivity index (χ1) is 9.88. The predicted octanol–water partition coefficient (Wildman–Crippen LogP) is 4.41. The molecule has 2 aromatic carbocycles. The number of amides is 1. The molecule has 0 unspecified atom stereocenters. The molecule has 7 heteroatoms. The molecule has 0 radical (unpaired) electrons. The van der Waals surface area contributed by atoms with E-state index < -0.39 is 4.92 Å². The maximum Gasteiger partial charge on any atom is 0.272 e. The third-order valence-corrected chi connectivity index (χ3v) is 4.41. The predicted molar refractivity (Wildman–Crippen MR) is 90.0 cm³/mol. The quantitative estimate of drug-likeness (QED) is 0.457. The van der Waals surface area contributed by atoms with Gasteiger partial charge in [0.1, 0.15) is 0 Å². The summed E-state index contributed by atoms with van der Waals surface area (Å²) in [4.78, 5) is 22.4. The lowest BCUT2D eigenvalue weighted by Crippen LogP contribution is -2.12. The van der Waals surface area contributed by atoms with Gasteiger partial charge in [-0.05, 0) is 59.8 Å². The molecule has 0 aliphatic heterocycles. The van der Waals surface area contributed by atoms with E-state index in [9.17, 15) is 14.9 Å². The van der Waals surface area contributed by atoms with Gasteiger partial charge in [-0.3, -0.25) is 14.9 Å². The summed E-state index contributed by atoms with van der Waals surface area (Å²) in [6.07, 6.45) is 0. The van der Waals surface area contributed by atoms with Crippen LogP contribution in [-0.2, 0) is 0 Å². The summed E-state index contributed by atoms with van der Waals surface area (Å²) in [6, 6.07) is 9.42. The van der Waals surface area contributed by atoms with Gasteiger partial charge in [0.25, 0.3) is 11.6 Å². The number of rotatable bonds is 3. The molecule has 1 amide bonds. The summed E-state index contributed by atoms with van der Waals surface area (Å²) in [6.45, 7) is 1.62. The van der Waals surface area contributed by atoms with Gasteiger partial charge in [0.15, 0.2) is 0 Å². The zero-order valence-corrected chi connectivity index (χ0v) is 13.8. The Bertz CT molecular complexity index is 734. The van der Waals surface area contributed by atoms with Crippen LogP contribution in [0.3, 0.4) is 0 Å². The molecule has 0 fully saturated rings. The fourth-order valence-corrected chi connectivity index (χ4v) is 2.29. The van der Waals surface area contributed by atoms with Crippen LogP contribution in [-0.4, -0.2) is 10.8 Å². The maximum atomic E-state index is 12.1. The van der Waals surface area contributed by atoms with Crippen molar-refractivity contribution in [3.8, 4) is 0 Å². The topological polar surface area (TPSA) is 72.2 Å². The molecule has 0 aromatic heterocycles. The van der Waals surface area contributed by atoms with Gasteiger partial charge in [-0.1, -0.05) is 11.6 Å². The molecule has 0 aliphatic carbocycles. The minimum absolute atomic E-state index is 0.0188. The number of carbonyl (C=O) groups excluding carboxylic acids is 1. The van der Waals surface area contributed by atoms with Crippen LogP contribution in [0.15, 0.2) is 36.4 Å². The van der Waals surface area contributed by atoms with Gasteiger partial charge in [0.05, 0.1) is 9.95 Å². The Hall–Kier alpha value is -1.67. The summed E-state index contributed by atoms with van der Waals surface area (Å²) in [5.41, 5.74) is 1.43. The molecule has 0 saturated carbocycles. The lowest BCUT2D eigenvalue weighted by atomic mass is 10.1. The Morgan fingerprint density at radius 2 is 2.00 bits per heavy atom. The van der Waals surface area contributed by atoms with Crippen molar-refractivity contribution < 1.29 is 9.72 Å². The Labute approximate surface area is 139 Å². The van der Waals surface area contributed by atoms with Gasteiger partial charge in [-0.15, -0.1) is 0 Å². The highest BCUT2D eigenvalue weighted by Gasteiger charge is 2.12. The van der Waals surface area contributed by atoms with E-state index in [1.807, 2.05) is 0 Å². The van der Waals surface area contributed by atoms with Crippen molar-refractivity contribution in [1.82, 2.24) is 0 Å². The molecular formula is C14H10ClIN2O3. The number of aryl methyl sites for hydroxylation is 1. The number of nitrogens with one attached hydrogen (secondary N) is 1. The number of nitro benzene ring substituents is 1. The van der Waals surface area contributed by atoms with Crippen LogP contribution in [0, 0.1) is 20.6 Å². The molecular weight excluding hydrogens is 407 g/mol. The van der Waals surface area contributed by atoms with Gasteiger partial charge < -0.3 is 5.32 Å². The van der Waals surface area contributed by atoms with Gasteiger partial charge in [0.2, 0.25) is 0 Å². The highest BCUT2D eigenvalue weighted by molar-refractivity contribution is 14.1. The lowest BCUT2D eigenvalue weighted by molar-refractivity contribution is -0.385. The summed E-state index contributed by atoms with van der Waals surface area (Å²) in [7, 11) is 0. The summed E-state index contributed by atoms with van der Waals surface area (Å²) < 4.78 is 0.858. The number of carbonyl (C=O) groups is 1. The van der Waals surface area contributed by atoms with Crippen LogP contribution in [0.1, 0.15) is 15.9 Å². The smallest absolute Gasteiger partial charge is 0.272 e. The van der Waals surface area contributed by atoms with E-state index in [1.165, 1.54) is 12.1 Å². The van der Waals surface area contributed by atoms with Crippen LogP contribution in [0.5, 0.6) is 0 Å². The van der Waals surface area contributed by atoms with Crippen molar-refractivity contribution in [2.24, 2.45) is 0 Å². The highest BCUT2D eigenvalue weighted by atomic mass is 127. The number of halogens is 2. The van der Waals surface area contributed by atoms with E-state index in [-0.39, 0.29) is 11.6 Å². The zero-order chi connectivity index (χ0) is 15.6. The maximum absolute atomic E-state index is 12.1. The number of nitro groups is 1. The molecule has 1 N–H and O–H groups in total. The second-order valence-electron chi connectivity index (χ2n) is 4.34. The first-order valence-corrected chi connectivity index (χ1v) is 7.35. The number of benzene rings is 2. The second kappa shape index (κ2) is 6.40. The monoisotopic (exact) mass is 416 g/mol. The molecule has 21 heavy (non-hydrogen) atoms. The second-order valence-corrected chi connectivity index (χ2v) is 5.91. The summed E-state index contributed by atoms with van der Waals surface area (Å²) in [5, 5.41) is 13.9. The SMILES string of the molecule is Cc1cc(NC(=O)c2ccc(I)c(Cl)c2)ccc1[N+](=O)[O-]. The van der Waals surface area contributed by atoms with Crippen molar-refractivity contribution in [1.29, 1.82) is 0 Å². The minimum atomic E-state index is -0.458. The fourth-order valence-electron chi connectivity index (χ4n) is 1.78. The average molecular weight is 417 g/mol. The van der Waals surface area contributed by atoms with Crippen LogP contribution < -0.4 is 5.32 Å². The van der Waals surface area contributed by atoms with Crippen molar-refractivity contribution in [2.45, 2.75) is 6.92 Å². The van der Waals surface area contributed by atoms with Gasteiger partial charge >= 0.3 is 0 Å². The number of hydrogen-bond donors (Lipinski definition) is 1.